The van der Waals surface area contributed by atoms with E-state index in [1.165, 1.54) is 11.0 Å². The van der Waals surface area contributed by atoms with Crippen LogP contribution in [0, 0.1) is 6.92 Å². The summed E-state index contributed by atoms with van der Waals surface area (Å²) in [5, 5.41) is 11.4. The third-order valence-electron chi connectivity index (χ3n) is 5.07. The Morgan fingerprint density at radius 3 is 2.62 bits per heavy atom. The summed E-state index contributed by atoms with van der Waals surface area (Å²) in [6, 6.07) is 14.2. The SMILES string of the molecule is CCOc1ccc(Cl)c(/C(O)=C2/C(=O)C(=O)N(c3cccc(Br)c3)C2c2ccc(C)o2)c1. The maximum absolute atomic E-state index is 13.2. The molecule has 1 saturated heterocycles. The van der Waals surface area contributed by atoms with Crippen molar-refractivity contribution in [2.75, 3.05) is 11.5 Å². The highest BCUT2D eigenvalue weighted by molar-refractivity contribution is 9.10. The van der Waals surface area contributed by atoms with Gasteiger partial charge in [-0.2, -0.15) is 0 Å². The monoisotopic (exact) mass is 515 g/mol. The number of aliphatic hydroxyl groups excluding tert-OH is 1. The number of carbonyl (C=O) groups is 2. The predicted octanol–water partition coefficient (Wildman–Crippen LogP) is 6.03. The van der Waals surface area contributed by atoms with Gasteiger partial charge in [0.1, 0.15) is 29.1 Å². The molecular formula is C24H19BrClNO5. The van der Waals surface area contributed by atoms with Gasteiger partial charge in [-0.25, -0.2) is 0 Å². The number of aliphatic hydroxyl groups is 1. The summed E-state index contributed by atoms with van der Waals surface area (Å²) in [4.78, 5) is 27.6. The second kappa shape index (κ2) is 8.84. The number of carbonyl (C=O) groups excluding carboxylic acids is 2. The fraction of sp³-hybridized carbons (Fsp3) is 0.167. The molecule has 32 heavy (non-hydrogen) atoms. The normalized spacial score (nSPS) is 17.8. The van der Waals surface area contributed by atoms with E-state index in [0.717, 1.165) is 4.47 Å². The second-order valence-electron chi connectivity index (χ2n) is 7.17. The van der Waals surface area contributed by atoms with Crippen LogP contribution >= 0.6 is 27.5 Å². The standard InChI is InChI=1S/C24H19BrClNO5/c1-3-31-16-8-9-18(26)17(12-16)22(28)20-21(19-10-7-13(2)32-19)27(24(30)23(20)29)15-6-4-5-14(25)11-15/h4-12,21,28H,3H2,1-2H3/b22-20-. The zero-order chi connectivity index (χ0) is 23.0. The minimum atomic E-state index is -0.968. The summed E-state index contributed by atoms with van der Waals surface area (Å²) < 4.78 is 12.0. The van der Waals surface area contributed by atoms with E-state index < -0.39 is 23.5 Å². The fourth-order valence-corrected chi connectivity index (χ4v) is 4.28. The van der Waals surface area contributed by atoms with E-state index in [9.17, 15) is 14.7 Å². The van der Waals surface area contributed by atoms with Crippen LogP contribution in [0.5, 0.6) is 5.75 Å². The molecular weight excluding hydrogens is 498 g/mol. The first kappa shape index (κ1) is 22.2. The van der Waals surface area contributed by atoms with Crippen molar-refractivity contribution in [1.82, 2.24) is 0 Å². The molecule has 0 aliphatic carbocycles. The molecule has 6 nitrogen and oxygen atoms in total. The van der Waals surface area contributed by atoms with E-state index in [-0.39, 0.29) is 16.2 Å². The number of halogens is 2. The molecule has 0 radical (unpaired) electrons. The van der Waals surface area contributed by atoms with E-state index >= 15 is 0 Å². The average Bonchev–Trinajstić information content (AvgIpc) is 3.30. The van der Waals surface area contributed by atoms with Crippen LogP contribution in [0.3, 0.4) is 0 Å². The molecule has 1 fully saturated rings. The smallest absolute Gasteiger partial charge is 0.300 e. The summed E-state index contributed by atoms with van der Waals surface area (Å²) in [6.45, 7) is 4.01. The fourth-order valence-electron chi connectivity index (χ4n) is 3.68. The highest BCUT2D eigenvalue weighted by atomic mass is 79.9. The van der Waals surface area contributed by atoms with Crippen molar-refractivity contribution < 1.29 is 23.8 Å². The number of anilines is 1. The molecule has 0 spiro atoms. The molecule has 1 amide bonds. The van der Waals surface area contributed by atoms with Gasteiger partial charge < -0.3 is 14.3 Å². The van der Waals surface area contributed by atoms with Crippen LogP contribution in [-0.4, -0.2) is 23.4 Å². The molecule has 1 aliphatic rings. The number of aryl methyl sites for hydroxylation is 1. The molecule has 2 aromatic carbocycles. The first-order valence-electron chi connectivity index (χ1n) is 9.87. The largest absolute Gasteiger partial charge is 0.507 e. The minimum Gasteiger partial charge on any atom is -0.507 e. The number of hydrogen-bond acceptors (Lipinski definition) is 5. The zero-order valence-corrected chi connectivity index (χ0v) is 19.6. The lowest BCUT2D eigenvalue weighted by molar-refractivity contribution is -0.132. The number of Topliss-reactive ketones (excluding diaryl/α,β-unsaturated/α-hetero) is 1. The maximum atomic E-state index is 13.2. The Balaban J connectivity index is 1.95. The first-order valence-corrected chi connectivity index (χ1v) is 11.0. The molecule has 1 N–H and O–H groups in total. The molecule has 1 atom stereocenters. The van der Waals surface area contributed by atoms with Crippen molar-refractivity contribution in [2.24, 2.45) is 0 Å². The topological polar surface area (TPSA) is 80.0 Å². The van der Waals surface area contributed by atoms with E-state index in [1.807, 2.05) is 13.0 Å². The molecule has 1 aromatic heterocycles. The van der Waals surface area contributed by atoms with Crippen LogP contribution < -0.4 is 9.64 Å². The Labute approximate surface area is 198 Å². The Morgan fingerprint density at radius 2 is 1.97 bits per heavy atom. The lowest BCUT2D eigenvalue weighted by atomic mass is 9.99. The molecule has 8 heteroatoms. The highest BCUT2D eigenvalue weighted by Gasteiger charge is 2.48. The van der Waals surface area contributed by atoms with Gasteiger partial charge in [-0.15, -0.1) is 0 Å². The van der Waals surface area contributed by atoms with Gasteiger partial charge in [0.2, 0.25) is 0 Å². The summed E-state index contributed by atoms with van der Waals surface area (Å²) in [6.07, 6.45) is 0. The third-order valence-corrected chi connectivity index (χ3v) is 5.89. The van der Waals surface area contributed by atoms with Gasteiger partial charge in [-0.05, 0) is 62.4 Å². The summed E-state index contributed by atoms with van der Waals surface area (Å²) in [5.41, 5.74) is 0.562. The molecule has 1 aliphatic heterocycles. The first-order chi connectivity index (χ1) is 15.3. The van der Waals surface area contributed by atoms with E-state index in [0.29, 0.717) is 29.6 Å². The van der Waals surface area contributed by atoms with Crippen molar-refractivity contribution in [2.45, 2.75) is 19.9 Å². The predicted molar refractivity (Wildman–Crippen MR) is 125 cm³/mol. The third kappa shape index (κ3) is 3.94. The Bertz CT molecular complexity index is 1250. The van der Waals surface area contributed by atoms with Crippen molar-refractivity contribution in [3.63, 3.8) is 0 Å². The van der Waals surface area contributed by atoms with Crippen LogP contribution in [0.25, 0.3) is 5.76 Å². The van der Waals surface area contributed by atoms with Gasteiger partial charge >= 0.3 is 0 Å². The Kier molecular flexibility index (Phi) is 6.13. The van der Waals surface area contributed by atoms with Crippen LogP contribution in [0.15, 0.2) is 69.1 Å². The van der Waals surface area contributed by atoms with Gasteiger partial charge in [0, 0.05) is 15.7 Å². The molecule has 4 rings (SSSR count). The minimum absolute atomic E-state index is 0.111. The van der Waals surface area contributed by atoms with Crippen LogP contribution in [0.1, 0.15) is 30.0 Å². The number of ether oxygens (including phenoxy) is 1. The number of rotatable bonds is 5. The second-order valence-corrected chi connectivity index (χ2v) is 8.49. The average molecular weight is 517 g/mol. The summed E-state index contributed by atoms with van der Waals surface area (Å²) in [7, 11) is 0. The molecule has 2 heterocycles. The van der Waals surface area contributed by atoms with E-state index in [1.54, 1.807) is 49.4 Å². The lowest BCUT2D eigenvalue weighted by Crippen LogP contribution is -2.29. The van der Waals surface area contributed by atoms with Crippen LogP contribution in [0.2, 0.25) is 5.02 Å². The zero-order valence-electron chi connectivity index (χ0n) is 17.3. The van der Waals surface area contributed by atoms with Crippen molar-refractivity contribution in [3.05, 3.63) is 86.7 Å². The Morgan fingerprint density at radius 1 is 1.19 bits per heavy atom. The number of hydrogen-bond donors (Lipinski definition) is 1. The van der Waals surface area contributed by atoms with Gasteiger partial charge in [-0.3, -0.25) is 14.5 Å². The van der Waals surface area contributed by atoms with Gasteiger partial charge in [0.15, 0.2) is 0 Å². The molecule has 1 unspecified atom stereocenters. The number of furan rings is 1. The maximum Gasteiger partial charge on any atom is 0.300 e. The highest BCUT2D eigenvalue weighted by Crippen LogP contribution is 2.44. The van der Waals surface area contributed by atoms with Crippen molar-refractivity contribution in [1.29, 1.82) is 0 Å². The quantitative estimate of drug-likeness (QED) is 0.254. The van der Waals surface area contributed by atoms with Crippen molar-refractivity contribution in [3.8, 4) is 5.75 Å². The van der Waals surface area contributed by atoms with Gasteiger partial charge in [-0.1, -0.05) is 33.6 Å². The van der Waals surface area contributed by atoms with Crippen molar-refractivity contribution >= 4 is 50.7 Å². The number of ketones is 1. The Hall–Kier alpha value is -3.03. The number of amides is 1. The van der Waals surface area contributed by atoms with E-state index in [2.05, 4.69) is 15.9 Å². The lowest BCUT2D eigenvalue weighted by Gasteiger charge is -2.23. The van der Waals surface area contributed by atoms with Crippen LogP contribution in [0.4, 0.5) is 5.69 Å². The van der Waals surface area contributed by atoms with E-state index in [4.69, 9.17) is 20.8 Å². The molecule has 3 aromatic rings. The molecule has 0 saturated carbocycles. The van der Waals surface area contributed by atoms with Crippen LogP contribution in [-0.2, 0) is 9.59 Å². The number of benzene rings is 2. The van der Waals surface area contributed by atoms with Gasteiger partial charge in [0.05, 0.1) is 17.2 Å². The van der Waals surface area contributed by atoms with Gasteiger partial charge in [0.25, 0.3) is 11.7 Å². The molecule has 164 valence electrons. The number of nitrogens with zero attached hydrogens (tertiary/aromatic N) is 1. The summed E-state index contributed by atoms with van der Waals surface area (Å²) in [5.74, 6) is -0.576. The summed E-state index contributed by atoms with van der Waals surface area (Å²) >= 11 is 9.74. The molecule has 0 bridgehead atoms.